The molecule has 0 spiro atoms. The summed E-state index contributed by atoms with van der Waals surface area (Å²) < 4.78 is 0. The SMILES string of the molecule is NC(=O)C1(c2cccc3cnccc23)CCC(CN=C(N)N)CC1. The minimum Gasteiger partial charge on any atom is -0.370 e. The number of carbonyl (C=O) groups excluding carboxylic acids is 1. The number of fused-ring (bicyclic) bond motifs is 1. The van der Waals surface area contributed by atoms with E-state index < -0.39 is 5.41 Å². The van der Waals surface area contributed by atoms with E-state index >= 15 is 0 Å². The summed E-state index contributed by atoms with van der Waals surface area (Å²) in [6.07, 6.45) is 6.76. The minimum atomic E-state index is -0.630. The molecule has 6 heteroatoms. The van der Waals surface area contributed by atoms with Gasteiger partial charge >= 0.3 is 0 Å². The van der Waals surface area contributed by atoms with Gasteiger partial charge in [0, 0.05) is 24.3 Å². The molecule has 1 fully saturated rings. The van der Waals surface area contributed by atoms with Gasteiger partial charge in [0.05, 0.1) is 5.41 Å². The fourth-order valence-corrected chi connectivity index (χ4v) is 3.78. The van der Waals surface area contributed by atoms with E-state index in [0.717, 1.165) is 29.2 Å². The molecule has 0 aliphatic heterocycles. The van der Waals surface area contributed by atoms with Gasteiger partial charge in [-0.15, -0.1) is 0 Å². The largest absolute Gasteiger partial charge is 0.370 e. The number of benzene rings is 1. The van der Waals surface area contributed by atoms with E-state index in [4.69, 9.17) is 17.2 Å². The van der Waals surface area contributed by atoms with Gasteiger partial charge in [-0.1, -0.05) is 18.2 Å². The van der Waals surface area contributed by atoms with E-state index in [1.54, 1.807) is 6.20 Å². The normalized spacial score (nSPS) is 23.8. The lowest BCUT2D eigenvalue weighted by atomic mass is 9.65. The van der Waals surface area contributed by atoms with Crippen LogP contribution in [0.15, 0.2) is 41.7 Å². The zero-order chi connectivity index (χ0) is 17.2. The van der Waals surface area contributed by atoms with Crippen LogP contribution >= 0.6 is 0 Å². The van der Waals surface area contributed by atoms with Crippen LogP contribution in [0.2, 0.25) is 0 Å². The molecule has 0 unspecified atom stereocenters. The van der Waals surface area contributed by atoms with Crippen molar-refractivity contribution in [2.24, 2.45) is 28.1 Å². The van der Waals surface area contributed by atoms with Crippen LogP contribution in [0.5, 0.6) is 0 Å². The first-order valence-electron chi connectivity index (χ1n) is 8.21. The number of hydrogen-bond acceptors (Lipinski definition) is 3. The van der Waals surface area contributed by atoms with E-state index in [2.05, 4.69) is 9.98 Å². The number of hydrogen-bond donors (Lipinski definition) is 3. The van der Waals surface area contributed by atoms with Crippen LogP contribution in [-0.4, -0.2) is 23.4 Å². The number of primary amides is 1. The average molecular weight is 325 g/mol. The van der Waals surface area contributed by atoms with Gasteiger partial charge in [0.15, 0.2) is 5.96 Å². The molecular weight excluding hydrogens is 302 g/mol. The summed E-state index contributed by atoms with van der Waals surface area (Å²) in [5.41, 5.74) is 17.1. The molecule has 1 aromatic carbocycles. The highest BCUT2D eigenvalue weighted by Crippen LogP contribution is 2.43. The molecule has 0 radical (unpaired) electrons. The zero-order valence-corrected chi connectivity index (χ0v) is 13.6. The number of amides is 1. The highest BCUT2D eigenvalue weighted by molar-refractivity contribution is 5.95. The van der Waals surface area contributed by atoms with Crippen molar-refractivity contribution < 1.29 is 4.79 Å². The molecule has 3 rings (SSSR count). The molecule has 1 aliphatic carbocycles. The lowest BCUT2D eigenvalue weighted by Gasteiger charge is -2.38. The Kier molecular flexibility index (Phi) is 4.38. The second-order valence-electron chi connectivity index (χ2n) is 6.56. The lowest BCUT2D eigenvalue weighted by molar-refractivity contribution is -0.125. The molecule has 24 heavy (non-hydrogen) atoms. The molecule has 0 atom stereocenters. The summed E-state index contributed by atoms with van der Waals surface area (Å²) in [6.45, 7) is 0.608. The van der Waals surface area contributed by atoms with Gasteiger partial charge in [-0.3, -0.25) is 14.8 Å². The van der Waals surface area contributed by atoms with E-state index in [9.17, 15) is 4.79 Å². The molecule has 0 bridgehead atoms. The van der Waals surface area contributed by atoms with Gasteiger partial charge in [0.1, 0.15) is 0 Å². The third-order valence-corrected chi connectivity index (χ3v) is 5.16. The Morgan fingerprint density at radius 2 is 1.96 bits per heavy atom. The Morgan fingerprint density at radius 3 is 2.62 bits per heavy atom. The van der Waals surface area contributed by atoms with Crippen molar-refractivity contribution in [3.63, 3.8) is 0 Å². The fraction of sp³-hybridized carbons (Fsp3) is 0.389. The molecule has 1 amide bonds. The summed E-state index contributed by atoms with van der Waals surface area (Å²) in [6, 6.07) is 7.95. The monoisotopic (exact) mass is 325 g/mol. The summed E-state index contributed by atoms with van der Waals surface area (Å²) in [7, 11) is 0. The van der Waals surface area contributed by atoms with E-state index in [0.29, 0.717) is 25.3 Å². The van der Waals surface area contributed by atoms with Crippen molar-refractivity contribution in [2.45, 2.75) is 31.1 Å². The quantitative estimate of drug-likeness (QED) is 0.581. The molecule has 6 N–H and O–H groups in total. The molecule has 1 aliphatic rings. The van der Waals surface area contributed by atoms with Crippen molar-refractivity contribution in [1.82, 2.24) is 4.98 Å². The molecule has 1 heterocycles. The molecule has 1 aromatic heterocycles. The summed E-state index contributed by atoms with van der Waals surface area (Å²) in [4.78, 5) is 20.7. The summed E-state index contributed by atoms with van der Waals surface area (Å²) in [5, 5.41) is 2.08. The van der Waals surface area contributed by atoms with Crippen LogP contribution in [0, 0.1) is 5.92 Å². The Hall–Kier alpha value is -2.63. The standard InChI is InChI=1S/C18H23N5O/c19-16(24)18(7-4-12(5-8-18)10-23-17(20)21)15-3-1-2-13-11-22-9-6-14(13)15/h1-3,6,9,11-12H,4-5,7-8,10H2,(H2,19,24)(H4,20,21,23). The Morgan fingerprint density at radius 1 is 1.21 bits per heavy atom. The molecule has 2 aromatic rings. The lowest BCUT2D eigenvalue weighted by Crippen LogP contribution is -2.44. The zero-order valence-electron chi connectivity index (χ0n) is 13.6. The van der Waals surface area contributed by atoms with E-state index in [1.807, 2.05) is 30.5 Å². The van der Waals surface area contributed by atoms with Crippen LogP contribution in [0.3, 0.4) is 0 Å². The maximum atomic E-state index is 12.4. The van der Waals surface area contributed by atoms with E-state index in [1.165, 1.54) is 0 Å². The Bertz CT molecular complexity index is 769. The first kappa shape index (κ1) is 16.2. The Labute approximate surface area is 141 Å². The fourth-order valence-electron chi connectivity index (χ4n) is 3.78. The third kappa shape index (κ3) is 2.91. The van der Waals surface area contributed by atoms with Gasteiger partial charge in [0.25, 0.3) is 0 Å². The molecule has 0 saturated heterocycles. The van der Waals surface area contributed by atoms with Crippen LogP contribution in [0.25, 0.3) is 10.8 Å². The van der Waals surface area contributed by atoms with Gasteiger partial charge in [-0.25, -0.2) is 0 Å². The topological polar surface area (TPSA) is 120 Å². The maximum Gasteiger partial charge on any atom is 0.228 e. The number of carbonyl (C=O) groups is 1. The van der Waals surface area contributed by atoms with Gasteiger partial charge in [0.2, 0.25) is 5.91 Å². The van der Waals surface area contributed by atoms with Crippen molar-refractivity contribution in [2.75, 3.05) is 6.54 Å². The van der Waals surface area contributed by atoms with Gasteiger partial charge < -0.3 is 17.2 Å². The highest BCUT2D eigenvalue weighted by Gasteiger charge is 2.42. The minimum absolute atomic E-state index is 0.114. The summed E-state index contributed by atoms with van der Waals surface area (Å²) in [5.74, 6) is 0.242. The van der Waals surface area contributed by atoms with Crippen molar-refractivity contribution >= 4 is 22.6 Å². The maximum absolute atomic E-state index is 12.4. The molecular formula is C18H23N5O. The van der Waals surface area contributed by atoms with Gasteiger partial charge in [-0.05, 0) is 48.6 Å². The van der Waals surface area contributed by atoms with E-state index in [-0.39, 0.29) is 11.9 Å². The van der Waals surface area contributed by atoms with Crippen molar-refractivity contribution in [3.05, 3.63) is 42.2 Å². The van der Waals surface area contributed by atoms with Crippen molar-refractivity contribution in [3.8, 4) is 0 Å². The van der Waals surface area contributed by atoms with Crippen LogP contribution in [0.1, 0.15) is 31.2 Å². The van der Waals surface area contributed by atoms with Crippen molar-refractivity contribution in [1.29, 1.82) is 0 Å². The average Bonchev–Trinajstić information content (AvgIpc) is 2.59. The van der Waals surface area contributed by atoms with Gasteiger partial charge in [-0.2, -0.15) is 0 Å². The number of aliphatic imine (C=N–C) groups is 1. The highest BCUT2D eigenvalue weighted by atomic mass is 16.1. The van der Waals surface area contributed by atoms with Crippen LogP contribution in [0.4, 0.5) is 0 Å². The number of nitrogens with two attached hydrogens (primary N) is 3. The number of pyridine rings is 1. The molecule has 126 valence electrons. The number of nitrogens with zero attached hydrogens (tertiary/aromatic N) is 2. The van der Waals surface area contributed by atoms with Crippen LogP contribution < -0.4 is 17.2 Å². The number of rotatable bonds is 4. The first-order valence-corrected chi connectivity index (χ1v) is 8.21. The van der Waals surface area contributed by atoms with Crippen LogP contribution in [-0.2, 0) is 10.2 Å². The Balaban J connectivity index is 1.93. The molecule has 6 nitrogen and oxygen atoms in total. The predicted molar refractivity (Wildman–Crippen MR) is 95.3 cm³/mol. The first-order chi connectivity index (χ1) is 11.5. The summed E-state index contributed by atoms with van der Waals surface area (Å²) >= 11 is 0. The predicted octanol–water partition coefficient (Wildman–Crippen LogP) is 1.42. The third-order valence-electron chi connectivity index (χ3n) is 5.16. The number of aromatic nitrogens is 1. The second kappa shape index (κ2) is 6.47. The second-order valence-corrected chi connectivity index (χ2v) is 6.56. The number of guanidine groups is 1. The smallest absolute Gasteiger partial charge is 0.228 e. The molecule has 1 saturated carbocycles.